The van der Waals surface area contributed by atoms with Gasteiger partial charge in [0, 0.05) is 12.4 Å². The van der Waals surface area contributed by atoms with Gasteiger partial charge in [0.2, 0.25) is 0 Å². The second-order valence-corrected chi connectivity index (χ2v) is 3.44. The number of hydrogen-bond acceptors (Lipinski definition) is 3. The Kier molecular flexibility index (Phi) is 2.45. The van der Waals surface area contributed by atoms with Gasteiger partial charge in [0.15, 0.2) is 5.13 Å². The van der Waals surface area contributed by atoms with Crippen LogP contribution >= 0.6 is 27.3 Å². The Bertz CT molecular complexity index is 275. The van der Waals surface area contributed by atoms with Crippen molar-refractivity contribution >= 4 is 38.5 Å². The van der Waals surface area contributed by atoms with E-state index in [4.69, 9.17) is 5.11 Å². The molecule has 60 valence electrons. The van der Waals surface area contributed by atoms with E-state index >= 15 is 0 Å². The van der Waals surface area contributed by atoms with Gasteiger partial charge in [-0.2, -0.15) is 0 Å². The van der Waals surface area contributed by atoms with Crippen molar-refractivity contribution in [3.05, 3.63) is 9.98 Å². The molecule has 1 heterocycles. The lowest BCUT2D eigenvalue weighted by molar-refractivity contribution is 0.203. The van der Waals surface area contributed by atoms with Crippen molar-refractivity contribution < 1.29 is 9.90 Å². The Balaban J connectivity index is 2.84. The number of halogens is 1. The van der Waals surface area contributed by atoms with Gasteiger partial charge in [-0.15, -0.1) is 11.3 Å². The van der Waals surface area contributed by atoms with Gasteiger partial charge in [-0.3, -0.25) is 4.90 Å². The van der Waals surface area contributed by atoms with Crippen LogP contribution < -0.4 is 4.90 Å². The number of amides is 1. The molecule has 0 saturated carbocycles. The SMILES string of the molecule is CN(C(=O)O)c1nc(Br)cs1. The Morgan fingerprint density at radius 2 is 2.55 bits per heavy atom. The van der Waals surface area contributed by atoms with Gasteiger partial charge in [-0.25, -0.2) is 9.78 Å². The molecule has 0 unspecified atom stereocenters. The first-order chi connectivity index (χ1) is 5.11. The molecule has 1 aromatic rings. The first kappa shape index (κ1) is 8.48. The van der Waals surface area contributed by atoms with Crippen molar-refractivity contribution in [2.45, 2.75) is 0 Å². The lowest BCUT2D eigenvalue weighted by Crippen LogP contribution is -2.23. The van der Waals surface area contributed by atoms with Crippen molar-refractivity contribution in [2.75, 3.05) is 11.9 Å². The van der Waals surface area contributed by atoms with Gasteiger partial charge in [0.25, 0.3) is 0 Å². The number of rotatable bonds is 1. The van der Waals surface area contributed by atoms with Crippen LogP contribution in [0.2, 0.25) is 0 Å². The largest absolute Gasteiger partial charge is 0.465 e. The van der Waals surface area contributed by atoms with Gasteiger partial charge >= 0.3 is 6.09 Å². The van der Waals surface area contributed by atoms with Crippen molar-refractivity contribution in [1.82, 2.24) is 4.98 Å². The summed E-state index contributed by atoms with van der Waals surface area (Å²) in [5.74, 6) is 0. The second-order valence-electron chi connectivity index (χ2n) is 1.79. The molecule has 0 aliphatic rings. The zero-order valence-electron chi connectivity index (χ0n) is 5.61. The van der Waals surface area contributed by atoms with Gasteiger partial charge < -0.3 is 5.11 Å². The highest BCUT2D eigenvalue weighted by Gasteiger charge is 2.11. The van der Waals surface area contributed by atoms with Crippen LogP contribution in [-0.2, 0) is 0 Å². The van der Waals surface area contributed by atoms with E-state index in [0.29, 0.717) is 9.73 Å². The lowest BCUT2D eigenvalue weighted by atomic mass is 10.8. The van der Waals surface area contributed by atoms with Crippen LogP contribution in [-0.4, -0.2) is 23.2 Å². The monoisotopic (exact) mass is 236 g/mol. The first-order valence-corrected chi connectivity index (χ1v) is 4.36. The molecule has 0 aromatic carbocycles. The summed E-state index contributed by atoms with van der Waals surface area (Å²) in [5.41, 5.74) is 0. The number of thiazole rings is 1. The summed E-state index contributed by atoms with van der Waals surface area (Å²) in [5, 5.41) is 10.7. The molecule has 6 heteroatoms. The number of carboxylic acid groups (broad SMARTS) is 1. The minimum Gasteiger partial charge on any atom is -0.465 e. The van der Waals surface area contributed by atoms with Crippen LogP contribution in [0.15, 0.2) is 9.98 Å². The molecule has 0 atom stereocenters. The molecule has 0 aliphatic heterocycles. The molecule has 1 amide bonds. The third kappa shape index (κ3) is 1.90. The van der Waals surface area contributed by atoms with Gasteiger partial charge in [-0.05, 0) is 15.9 Å². The number of nitrogens with zero attached hydrogens (tertiary/aromatic N) is 2. The molecule has 1 aromatic heterocycles. The zero-order valence-corrected chi connectivity index (χ0v) is 8.02. The minimum atomic E-state index is -1.01. The molecule has 0 spiro atoms. The smallest absolute Gasteiger partial charge is 0.413 e. The Hall–Kier alpha value is -0.620. The van der Waals surface area contributed by atoms with Crippen molar-refractivity contribution in [2.24, 2.45) is 0 Å². The highest BCUT2D eigenvalue weighted by atomic mass is 79.9. The number of aromatic nitrogens is 1. The summed E-state index contributed by atoms with van der Waals surface area (Å²) >= 11 is 4.40. The number of carbonyl (C=O) groups is 1. The fourth-order valence-electron chi connectivity index (χ4n) is 0.481. The van der Waals surface area contributed by atoms with Crippen LogP contribution in [0.5, 0.6) is 0 Å². The summed E-state index contributed by atoms with van der Waals surface area (Å²) < 4.78 is 0.658. The molecule has 0 radical (unpaired) electrons. The Morgan fingerprint density at radius 1 is 1.91 bits per heavy atom. The van der Waals surface area contributed by atoms with E-state index in [1.807, 2.05) is 0 Å². The van der Waals surface area contributed by atoms with E-state index in [2.05, 4.69) is 20.9 Å². The van der Waals surface area contributed by atoms with Gasteiger partial charge in [0.05, 0.1) is 0 Å². The lowest BCUT2D eigenvalue weighted by Gasteiger charge is -2.06. The maximum atomic E-state index is 10.4. The third-order valence-corrected chi connectivity index (χ3v) is 2.66. The third-order valence-electron chi connectivity index (χ3n) is 1.04. The molecule has 0 saturated heterocycles. The average Bonchev–Trinajstić information content (AvgIpc) is 2.34. The summed E-state index contributed by atoms with van der Waals surface area (Å²) in [6.45, 7) is 0. The van der Waals surface area contributed by atoms with Crippen LogP contribution in [0.25, 0.3) is 0 Å². The van der Waals surface area contributed by atoms with Crippen molar-refractivity contribution in [1.29, 1.82) is 0 Å². The molecule has 1 N–H and O–H groups in total. The van der Waals surface area contributed by atoms with E-state index in [1.54, 1.807) is 5.38 Å². The number of hydrogen-bond donors (Lipinski definition) is 1. The summed E-state index contributed by atoms with van der Waals surface area (Å²) in [6, 6.07) is 0. The first-order valence-electron chi connectivity index (χ1n) is 2.69. The summed E-state index contributed by atoms with van der Waals surface area (Å²) in [4.78, 5) is 15.4. The molecule has 4 nitrogen and oxygen atoms in total. The van der Waals surface area contributed by atoms with Crippen LogP contribution in [0.1, 0.15) is 0 Å². The summed E-state index contributed by atoms with van der Waals surface area (Å²) in [7, 11) is 1.45. The Labute approximate surface area is 75.6 Å². The van der Waals surface area contributed by atoms with Crippen LogP contribution in [0.4, 0.5) is 9.93 Å². The maximum Gasteiger partial charge on any atom is 0.413 e. The van der Waals surface area contributed by atoms with Gasteiger partial charge in [-0.1, -0.05) is 0 Å². The molecular weight excluding hydrogens is 232 g/mol. The topological polar surface area (TPSA) is 53.4 Å². The van der Waals surface area contributed by atoms with Crippen molar-refractivity contribution in [3.8, 4) is 0 Å². The normalized spacial score (nSPS) is 9.64. The number of anilines is 1. The van der Waals surface area contributed by atoms with Crippen molar-refractivity contribution in [3.63, 3.8) is 0 Å². The van der Waals surface area contributed by atoms with Crippen LogP contribution in [0, 0.1) is 0 Å². The maximum absolute atomic E-state index is 10.4. The molecule has 0 fully saturated rings. The van der Waals surface area contributed by atoms with Gasteiger partial charge in [0.1, 0.15) is 4.60 Å². The van der Waals surface area contributed by atoms with E-state index < -0.39 is 6.09 Å². The molecule has 1 rings (SSSR count). The fourth-order valence-corrected chi connectivity index (χ4v) is 1.69. The average molecular weight is 237 g/mol. The van der Waals surface area contributed by atoms with E-state index in [-0.39, 0.29) is 0 Å². The van der Waals surface area contributed by atoms with Crippen LogP contribution in [0.3, 0.4) is 0 Å². The second kappa shape index (κ2) is 3.19. The fraction of sp³-hybridized carbons (Fsp3) is 0.200. The quantitative estimate of drug-likeness (QED) is 0.812. The minimum absolute atomic E-state index is 0.462. The highest BCUT2D eigenvalue weighted by molar-refractivity contribution is 9.10. The standard InChI is InChI=1S/C5H5BrN2O2S/c1-8(5(9)10)4-7-3(6)2-11-4/h2H,1H3,(H,9,10). The predicted molar refractivity (Wildman–Crippen MR) is 46.2 cm³/mol. The molecule has 0 aliphatic carbocycles. The molecule has 11 heavy (non-hydrogen) atoms. The van der Waals surface area contributed by atoms with E-state index in [1.165, 1.54) is 18.4 Å². The predicted octanol–water partition coefficient (Wildman–Crippen LogP) is 2.02. The zero-order chi connectivity index (χ0) is 8.43. The van der Waals surface area contributed by atoms with E-state index in [9.17, 15) is 4.79 Å². The van der Waals surface area contributed by atoms with E-state index in [0.717, 1.165) is 4.90 Å². The Morgan fingerprint density at radius 3 is 2.91 bits per heavy atom. The molecule has 0 bridgehead atoms. The highest BCUT2D eigenvalue weighted by Crippen LogP contribution is 2.22. The molecular formula is C5H5BrN2O2S. The summed E-state index contributed by atoms with van der Waals surface area (Å²) in [6.07, 6.45) is -1.01.